The van der Waals surface area contributed by atoms with E-state index < -0.39 is 0 Å². The second-order valence-electron chi connectivity index (χ2n) is 3.87. The number of nitrogens with one attached hydrogen (secondary N) is 1. The molecule has 96 valence electrons. The van der Waals surface area contributed by atoms with Crippen molar-refractivity contribution in [1.29, 1.82) is 0 Å². The van der Waals surface area contributed by atoms with Crippen LogP contribution in [0, 0.1) is 0 Å². The van der Waals surface area contributed by atoms with Gasteiger partial charge < -0.3 is 15.5 Å². The first kappa shape index (κ1) is 12.5. The van der Waals surface area contributed by atoms with Crippen LogP contribution in [0.2, 0.25) is 0 Å². The molecule has 0 bridgehead atoms. The van der Waals surface area contributed by atoms with Crippen LogP contribution in [0.4, 0.5) is 5.69 Å². The molecular formula is C12H16N4O2. The Morgan fingerprint density at radius 2 is 2.06 bits per heavy atom. The van der Waals surface area contributed by atoms with Crippen LogP contribution in [0.25, 0.3) is 0 Å². The van der Waals surface area contributed by atoms with E-state index >= 15 is 0 Å². The van der Waals surface area contributed by atoms with Crippen LogP contribution in [0.15, 0.2) is 30.5 Å². The Balaban J connectivity index is 1.97. The predicted molar refractivity (Wildman–Crippen MR) is 66.8 cm³/mol. The van der Waals surface area contributed by atoms with E-state index in [9.17, 15) is 5.11 Å². The lowest BCUT2D eigenvalue weighted by Crippen LogP contribution is -2.03. The van der Waals surface area contributed by atoms with Gasteiger partial charge in [0.2, 0.25) is 0 Å². The zero-order valence-corrected chi connectivity index (χ0v) is 9.95. The molecule has 2 rings (SSSR count). The van der Waals surface area contributed by atoms with E-state index in [1.807, 2.05) is 24.3 Å². The molecule has 0 fully saturated rings. The van der Waals surface area contributed by atoms with E-state index in [1.165, 1.54) is 0 Å². The van der Waals surface area contributed by atoms with Gasteiger partial charge in [0.15, 0.2) is 0 Å². The summed E-state index contributed by atoms with van der Waals surface area (Å²) in [7, 11) is 0. The number of hydrogen-bond acceptors (Lipinski definition) is 5. The summed E-state index contributed by atoms with van der Waals surface area (Å²) in [5.74, 6) is 0. The van der Waals surface area contributed by atoms with E-state index in [4.69, 9.17) is 5.11 Å². The number of hydrogen-bond donors (Lipinski definition) is 3. The fourth-order valence-corrected chi connectivity index (χ4v) is 1.65. The summed E-state index contributed by atoms with van der Waals surface area (Å²) in [6.45, 7) is 1.02. The number of rotatable bonds is 6. The number of anilines is 1. The summed E-state index contributed by atoms with van der Waals surface area (Å²) in [6.07, 6.45) is 1.78. The monoisotopic (exact) mass is 248 g/mol. The van der Waals surface area contributed by atoms with Gasteiger partial charge in [0.25, 0.3) is 0 Å². The molecule has 3 N–H and O–H groups in total. The molecule has 0 saturated carbocycles. The van der Waals surface area contributed by atoms with Crippen molar-refractivity contribution in [2.45, 2.75) is 19.7 Å². The average molecular weight is 248 g/mol. The SMILES string of the molecule is OCCn1cc(CNc2ccccc2CO)nn1. The molecular weight excluding hydrogens is 232 g/mol. The molecule has 1 aromatic heterocycles. The number of aliphatic hydroxyl groups excluding tert-OH is 2. The standard InChI is InChI=1S/C12H16N4O2/c17-6-5-16-8-11(14-15-16)7-13-12-4-2-1-3-10(12)9-18/h1-4,8,13,17-18H,5-7,9H2. The van der Waals surface area contributed by atoms with E-state index in [-0.39, 0.29) is 13.2 Å². The minimum atomic E-state index is 0.000373. The van der Waals surface area contributed by atoms with Crippen molar-refractivity contribution >= 4 is 5.69 Å². The van der Waals surface area contributed by atoms with Crippen molar-refractivity contribution in [3.8, 4) is 0 Å². The van der Waals surface area contributed by atoms with Crippen molar-refractivity contribution in [3.05, 3.63) is 41.7 Å². The first-order valence-corrected chi connectivity index (χ1v) is 5.76. The van der Waals surface area contributed by atoms with Crippen molar-refractivity contribution < 1.29 is 10.2 Å². The Labute approximate surface area is 105 Å². The second kappa shape index (κ2) is 6.13. The molecule has 0 amide bonds. The van der Waals surface area contributed by atoms with Gasteiger partial charge in [0, 0.05) is 11.3 Å². The maximum absolute atomic E-state index is 9.19. The third kappa shape index (κ3) is 3.06. The van der Waals surface area contributed by atoms with Crippen LogP contribution >= 0.6 is 0 Å². The van der Waals surface area contributed by atoms with Crippen LogP contribution in [0.3, 0.4) is 0 Å². The Kier molecular flexibility index (Phi) is 4.27. The van der Waals surface area contributed by atoms with Gasteiger partial charge >= 0.3 is 0 Å². The number of benzene rings is 1. The van der Waals surface area contributed by atoms with Gasteiger partial charge in [-0.3, -0.25) is 0 Å². The predicted octanol–water partition coefficient (Wildman–Crippen LogP) is 0.375. The lowest BCUT2D eigenvalue weighted by molar-refractivity contribution is 0.268. The molecule has 0 radical (unpaired) electrons. The third-order valence-corrected chi connectivity index (χ3v) is 2.56. The summed E-state index contributed by atoms with van der Waals surface area (Å²) in [6, 6.07) is 7.56. The Morgan fingerprint density at radius 1 is 1.22 bits per heavy atom. The lowest BCUT2D eigenvalue weighted by atomic mass is 10.2. The van der Waals surface area contributed by atoms with Gasteiger partial charge in [-0.25, -0.2) is 4.68 Å². The van der Waals surface area contributed by atoms with Crippen LogP contribution < -0.4 is 5.32 Å². The average Bonchev–Trinajstić information content (AvgIpc) is 2.85. The molecule has 0 spiro atoms. The highest BCUT2D eigenvalue weighted by Crippen LogP contribution is 2.15. The van der Waals surface area contributed by atoms with Gasteiger partial charge in [-0.15, -0.1) is 5.10 Å². The topological polar surface area (TPSA) is 83.2 Å². The van der Waals surface area contributed by atoms with E-state index in [0.717, 1.165) is 16.9 Å². The van der Waals surface area contributed by atoms with Gasteiger partial charge in [-0.2, -0.15) is 0 Å². The van der Waals surface area contributed by atoms with Crippen LogP contribution in [-0.2, 0) is 19.7 Å². The molecule has 0 aliphatic rings. The molecule has 0 saturated heterocycles. The zero-order chi connectivity index (χ0) is 12.8. The molecule has 0 atom stereocenters. The minimum Gasteiger partial charge on any atom is -0.394 e. The first-order chi connectivity index (χ1) is 8.83. The number of aromatic nitrogens is 3. The van der Waals surface area contributed by atoms with E-state index in [2.05, 4.69) is 15.6 Å². The smallest absolute Gasteiger partial charge is 0.102 e. The lowest BCUT2D eigenvalue weighted by Gasteiger charge is -2.08. The highest BCUT2D eigenvalue weighted by atomic mass is 16.3. The third-order valence-electron chi connectivity index (χ3n) is 2.56. The summed E-state index contributed by atoms with van der Waals surface area (Å²) in [5.41, 5.74) is 2.52. The molecule has 1 aromatic carbocycles. The number of aliphatic hydroxyl groups is 2. The Morgan fingerprint density at radius 3 is 2.83 bits per heavy atom. The summed E-state index contributed by atoms with van der Waals surface area (Å²) in [4.78, 5) is 0. The summed E-state index contributed by atoms with van der Waals surface area (Å²) < 4.78 is 1.59. The van der Waals surface area contributed by atoms with Crippen molar-refractivity contribution in [2.24, 2.45) is 0 Å². The maximum atomic E-state index is 9.19. The maximum Gasteiger partial charge on any atom is 0.102 e. The van der Waals surface area contributed by atoms with Crippen molar-refractivity contribution in [2.75, 3.05) is 11.9 Å². The molecule has 1 heterocycles. The van der Waals surface area contributed by atoms with Gasteiger partial charge in [0.1, 0.15) is 5.69 Å². The number of para-hydroxylation sites is 1. The molecule has 2 aromatic rings. The fraction of sp³-hybridized carbons (Fsp3) is 0.333. The van der Waals surface area contributed by atoms with Crippen molar-refractivity contribution in [3.63, 3.8) is 0 Å². The van der Waals surface area contributed by atoms with Crippen LogP contribution in [-0.4, -0.2) is 31.8 Å². The van der Waals surface area contributed by atoms with Crippen molar-refractivity contribution in [1.82, 2.24) is 15.0 Å². The van der Waals surface area contributed by atoms with Crippen LogP contribution in [0.5, 0.6) is 0 Å². The first-order valence-electron chi connectivity index (χ1n) is 5.76. The molecule has 0 unspecified atom stereocenters. The Bertz CT molecular complexity index is 498. The summed E-state index contributed by atoms with van der Waals surface area (Å²) >= 11 is 0. The molecule has 18 heavy (non-hydrogen) atoms. The number of nitrogens with zero attached hydrogens (tertiary/aromatic N) is 3. The minimum absolute atomic E-state index is 0.000373. The molecule has 0 aliphatic carbocycles. The van der Waals surface area contributed by atoms with Gasteiger partial charge in [0.05, 0.1) is 32.5 Å². The largest absolute Gasteiger partial charge is 0.394 e. The van der Waals surface area contributed by atoms with Crippen LogP contribution in [0.1, 0.15) is 11.3 Å². The highest BCUT2D eigenvalue weighted by molar-refractivity contribution is 5.50. The Hall–Kier alpha value is -1.92. The highest BCUT2D eigenvalue weighted by Gasteiger charge is 2.03. The van der Waals surface area contributed by atoms with Gasteiger partial charge in [-0.1, -0.05) is 23.4 Å². The quantitative estimate of drug-likeness (QED) is 0.688. The normalized spacial score (nSPS) is 10.6. The second-order valence-corrected chi connectivity index (χ2v) is 3.87. The molecule has 0 aliphatic heterocycles. The van der Waals surface area contributed by atoms with Gasteiger partial charge in [-0.05, 0) is 6.07 Å². The van der Waals surface area contributed by atoms with E-state index in [0.29, 0.717) is 13.1 Å². The zero-order valence-electron chi connectivity index (χ0n) is 9.95. The molecule has 6 heteroatoms. The molecule has 6 nitrogen and oxygen atoms in total. The fourth-order valence-electron chi connectivity index (χ4n) is 1.65. The van der Waals surface area contributed by atoms with E-state index in [1.54, 1.807) is 10.9 Å². The summed E-state index contributed by atoms with van der Waals surface area (Å²) in [5, 5.41) is 29.0.